The van der Waals surface area contributed by atoms with Crippen LogP contribution >= 0.6 is 11.6 Å². The van der Waals surface area contributed by atoms with Gasteiger partial charge in [0.05, 0.1) is 5.69 Å². The number of aromatic nitrogens is 2. The van der Waals surface area contributed by atoms with E-state index in [-0.39, 0.29) is 0 Å². The van der Waals surface area contributed by atoms with Crippen LogP contribution in [0, 0.1) is 13.8 Å². The van der Waals surface area contributed by atoms with Crippen LogP contribution in [0.3, 0.4) is 0 Å². The Morgan fingerprint density at radius 3 is 2.43 bits per heavy atom. The van der Waals surface area contributed by atoms with Crippen LogP contribution in [-0.2, 0) is 0 Å². The van der Waals surface area contributed by atoms with E-state index in [1.807, 2.05) is 30.5 Å². The summed E-state index contributed by atoms with van der Waals surface area (Å²) in [5, 5.41) is 0.726. The van der Waals surface area contributed by atoms with Gasteiger partial charge < -0.3 is 0 Å². The second-order valence-corrected chi connectivity index (χ2v) is 5.55. The van der Waals surface area contributed by atoms with E-state index in [0.29, 0.717) is 0 Å². The van der Waals surface area contributed by atoms with E-state index in [1.165, 1.54) is 11.1 Å². The fraction of sp³-hybridized carbons (Fsp3) is 0.111. The van der Waals surface area contributed by atoms with Gasteiger partial charge in [0.25, 0.3) is 0 Å². The molecule has 3 rings (SSSR count). The third-order valence-corrected chi connectivity index (χ3v) is 3.77. The van der Waals surface area contributed by atoms with E-state index >= 15 is 0 Å². The number of benzene rings is 2. The predicted octanol–water partition coefficient (Wildman–Crippen LogP) is 5.08. The van der Waals surface area contributed by atoms with E-state index in [1.54, 1.807) is 6.33 Å². The summed E-state index contributed by atoms with van der Waals surface area (Å²) in [6.07, 6.45) is 3.45. The summed E-state index contributed by atoms with van der Waals surface area (Å²) in [6.45, 7) is 4.19. The zero-order chi connectivity index (χ0) is 14.8. The Hall–Kier alpha value is -2.19. The molecule has 0 unspecified atom stereocenters. The molecule has 21 heavy (non-hydrogen) atoms. The van der Waals surface area contributed by atoms with E-state index in [4.69, 9.17) is 11.6 Å². The summed E-state index contributed by atoms with van der Waals surface area (Å²) in [5.74, 6) is 0. The van der Waals surface area contributed by atoms with Crippen molar-refractivity contribution in [3.8, 4) is 22.4 Å². The Bertz CT molecular complexity index is 779. The summed E-state index contributed by atoms with van der Waals surface area (Å²) >= 11 is 5.97. The normalized spacial score (nSPS) is 10.6. The Labute approximate surface area is 129 Å². The molecule has 0 aliphatic heterocycles. The van der Waals surface area contributed by atoms with E-state index in [9.17, 15) is 0 Å². The predicted molar refractivity (Wildman–Crippen MR) is 87.4 cm³/mol. The van der Waals surface area contributed by atoms with Crippen molar-refractivity contribution < 1.29 is 0 Å². The van der Waals surface area contributed by atoms with Gasteiger partial charge in [-0.05, 0) is 43.2 Å². The van der Waals surface area contributed by atoms with Gasteiger partial charge in [-0.25, -0.2) is 9.97 Å². The fourth-order valence-electron chi connectivity index (χ4n) is 2.38. The number of halogens is 1. The van der Waals surface area contributed by atoms with Gasteiger partial charge in [-0.1, -0.05) is 41.4 Å². The molecule has 2 nitrogen and oxygen atoms in total. The van der Waals surface area contributed by atoms with Crippen LogP contribution in [0.25, 0.3) is 22.4 Å². The Kier molecular flexibility index (Phi) is 3.72. The Morgan fingerprint density at radius 2 is 1.67 bits per heavy atom. The van der Waals surface area contributed by atoms with E-state index in [0.717, 1.165) is 27.4 Å². The third-order valence-electron chi connectivity index (χ3n) is 3.52. The van der Waals surface area contributed by atoms with Crippen molar-refractivity contribution in [1.29, 1.82) is 0 Å². The Balaban J connectivity index is 2.20. The maximum absolute atomic E-state index is 5.97. The molecule has 1 aromatic heterocycles. The smallest absolute Gasteiger partial charge is 0.116 e. The number of aryl methyl sites for hydroxylation is 2. The zero-order valence-electron chi connectivity index (χ0n) is 12.0. The largest absolute Gasteiger partial charge is 0.244 e. The molecule has 0 saturated heterocycles. The van der Waals surface area contributed by atoms with Crippen LogP contribution in [0.4, 0.5) is 0 Å². The first-order valence-corrected chi connectivity index (χ1v) is 7.16. The summed E-state index contributed by atoms with van der Waals surface area (Å²) < 4.78 is 0. The minimum Gasteiger partial charge on any atom is -0.244 e. The van der Waals surface area contributed by atoms with Crippen molar-refractivity contribution in [2.45, 2.75) is 13.8 Å². The molecule has 0 fully saturated rings. The molecule has 0 atom stereocenters. The van der Waals surface area contributed by atoms with Gasteiger partial charge in [0.15, 0.2) is 0 Å². The van der Waals surface area contributed by atoms with E-state index in [2.05, 4.69) is 42.0 Å². The summed E-state index contributed by atoms with van der Waals surface area (Å²) in [4.78, 5) is 8.68. The molecule has 1 heterocycles. The molecule has 3 aromatic rings. The number of rotatable bonds is 2. The topological polar surface area (TPSA) is 25.8 Å². The molecule has 0 bridgehead atoms. The summed E-state index contributed by atoms with van der Waals surface area (Å²) in [6, 6.07) is 14.2. The van der Waals surface area contributed by atoms with Gasteiger partial charge in [-0.2, -0.15) is 0 Å². The summed E-state index contributed by atoms with van der Waals surface area (Å²) in [7, 11) is 0. The van der Waals surface area contributed by atoms with Crippen LogP contribution < -0.4 is 0 Å². The van der Waals surface area contributed by atoms with Crippen molar-refractivity contribution in [2.24, 2.45) is 0 Å². The molecule has 0 N–H and O–H groups in total. The maximum Gasteiger partial charge on any atom is 0.116 e. The molecular formula is C18H15ClN2. The molecule has 0 radical (unpaired) electrons. The molecule has 0 spiro atoms. The first-order valence-electron chi connectivity index (χ1n) is 6.79. The molecule has 0 saturated carbocycles. The lowest BCUT2D eigenvalue weighted by Crippen LogP contribution is -1.93. The highest BCUT2D eigenvalue weighted by atomic mass is 35.5. The highest BCUT2D eigenvalue weighted by Crippen LogP contribution is 2.32. The van der Waals surface area contributed by atoms with Crippen molar-refractivity contribution in [3.05, 3.63) is 71.1 Å². The monoisotopic (exact) mass is 294 g/mol. The van der Waals surface area contributed by atoms with Gasteiger partial charge in [0.1, 0.15) is 6.33 Å². The molecule has 104 valence electrons. The van der Waals surface area contributed by atoms with Crippen LogP contribution in [0.5, 0.6) is 0 Å². The third kappa shape index (κ3) is 2.81. The van der Waals surface area contributed by atoms with Gasteiger partial charge in [0.2, 0.25) is 0 Å². The molecule has 2 aromatic carbocycles. The lowest BCUT2D eigenvalue weighted by molar-refractivity contribution is 1.17. The lowest BCUT2D eigenvalue weighted by Gasteiger charge is -2.11. The average Bonchev–Trinajstić information content (AvgIpc) is 2.51. The van der Waals surface area contributed by atoms with Crippen molar-refractivity contribution in [1.82, 2.24) is 9.97 Å². The van der Waals surface area contributed by atoms with Crippen molar-refractivity contribution >= 4 is 11.6 Å². The molecular weight excluding hydrogens is 280 g/mol. The molecule has 3 heteroatoms. The number of hydrogen-bond donors (Lipinski definition) is 0. The summed E-state index contributed by atoms with van der Waals surface area (Å²) in [5.41, 5.74) is 6.60. The van der Waals surface area contributed by atoms with Gasteiger partial charge in [-0.15, -0.1) is 0 Å². The first kappa shape index (κ1) is 13.8. The van der Waals surface area contributed by atoms with Crippen LogP contribution in [0.15, 0.2) is 55.0 Å². The Morgan fingerprint density at radius 1 is 0.905 bits per heavy atom. The quantitative estimate of drug-likeness (QED) is 0.658. The second-order valence-electron chi connectivity index (χ2n) is 5.11. The van der Waals surface area contributed by atoms with Gasteiger partial charge in [0, 0.05) is 22.3 Å². The molecule has 0 amide bonds. The number of hydrogen-bond acceptors (Lipinski definition) is 2. The van der Waals surface area contributed by atoms with Crippen LogP contribution in [0.1, 0.15) is 11.1 Å². The maximum atomic E-state index is 5.97. The highest BCUT2D eigenvalue weighted by Gasteiger charge is 2.11. The first-order chi connectivity index (χ1) is 10.1. The molecule has 0 aliphatic rings. The van der Waals surface area contributed by atoms with Gasteiger partial charge in [-0.3, -0.25) is 0 Å². The highest BCUT2D eigenvalue weighted by molar-refractivity contribution is 6.30. The number of nitrogens with zero attached hydrogens (tertiary/aromatic N) is 2. The van der Waals surface area contributed by atoms with Crippen LogP contribution in [0.2, 0.25) is 5.02 Å². The molecule has 0 aliphatic carbocycles. The standard InChI is InChI=1S/C18H15ClN2/c1-12-3-4-13(2)16(9-12)18-17(10-20-11-21-18)14-5-7-15(19)8-6-14/h3-11H,1-2H3. The lowest BCUT2D eigenvalue weighted by atomic mass is 9.96. The minimum absolute atomic E-state index is 0.726. The average molecular weight is 295 g/mol. The fourth-order valence-corrected chi connectivity index (χ4v) is 2.50. The van der Waals surface area contributed by atoms with E-state index < -0.39 is 0 Å². The minimum atomic E-state index is 0.726. The van der Waals surface area contributed by atoms with Crippen LogP contribution in [-0.4, -0.2) is 9.97 Å². The van der Waals surface area contributed by atoms with Crippen molar-refractivity contribution in [2.75, 3.05) is 0 Å². The SMILES string of the molecule is Cc1ccc(C)c(-c2ncncc2-c2ccc(Cl)cc2)c1. The zero-order valence-corrected chi connectivity index (χ0v) is 12.7. The van der Waals surface area contributed by atoms with Gasteiger partial charge >= 0.3 is 0 Å². The van der Waals surface area contributed by atoms with Crippen molar-refractivity contribution in [3.63, 3.8) is 0 Å². The second kappa shape index (κ2) is 5.66.